The van der Waals surface area contributed by atoms with Gasteiger partial charge in [-0.05, 0) is 29.8 Å². The summed E-state index contributed by atoms with van der Waals surface area (Å²) in [4.78, 5) is 11.3. The first kappa shape index (κ1) is 13.4. The van der Waals surface area contributed by atoms with Gasteiger partial charge in [0.25, 0.3) is 0 Å². The molecule has 4 nitrogen and oxygen atoms in total. The molecule has 0 aromatic carbocycles. The highest BCUT2D eigenvalue weighted by Gasteiger charge is 2.20. The van der Waals surface area contributed by atoms with E-state index in [1.165, 1.54) is 15.3 Å². The van der Waals surface area contributed by atoms with Crippen molar-refractivity contribution >= 4 is 11.3 Å². The number of ether oxygens (including phenoxy) is 1. The number of fused-ring (bicyclic) bond motifs is 3. The van der Waals surface area contributed by atoms with Gasteiger partial charge < -0.3 is 10.5 Å². The molecule has 22 heavy (non-hydrogen) atoms. The largest absolute Gasteiger partial charge is 0.491 e. The van der Waals surface area contributed by atoms with Gasteiger partial charge >= 0.3 is 0 Å². The Kier molecular flexibility index (Phi) is 3.36. The van der Waals surface area contributed by atoms with Crippen molar-refractivity contribution in [3.63, 3.8) is 0 Å². The number of nitrogens with two attached hydrogens (primary N) is 1. The fraction of sp³-hybridized carbons (Fsp3) is 0.176. The van der Waals surface area contributed by atoms with E-state index in [-0.39, 0.29) is 0 Å². The maximum absolute atomic E-state index is 5.78. The monoisotopic (exact) mass is 309 g/mol. The molecular formula is C17H15N3OS. The summed E-state index contributed by atoms with van der Waals surface area (Å²) in [6, 6.07) is 10.2. The smallest absolute Gasteiger partial charge is 0.146 e. The molecule has 1 aliphatic heterocycles. The van der Waals surface area contributed by atoms with Gasteiger partial charge in [0.1, 0.15) is 11.4 Å². The molecule has 3 aromatic rings. The molecule has 4 heterocycles. The van der Waals surface area contributed by atoms with E-state index in [1.807, 2.05) is 30.6 Å². The fourth-order valence-electron chi connectivity index (χ4n) is 2.60. The van der Waals surface area contributed by atoms with Crippen LogP contribution < -0.4 is 10.5 Å². The SMILES string of the molecule is NCc1ccc(-c2cc3c(s2)-c2ncccc2OCC3)cn1. The van der Waals surface area contributed by atoms with E-state index in [9.17, 15) is 0 Å². The summed E-state index contributed by atoms with van der Waals surface area (Å²) in [7, 11) is 0. The van der Waals surface area contributed by atoms with Gasteiger partial charge in [0.05, 0.1) is 17.2 Å². The lowest BCUT2D eigenvalue weighted by Crippen LogP contribution is -1.98. The van der Waals surface area contributed by atoms with Crippen LogP contribution in [0.3, 0.4) is 0 Å². The van der Waals surface area contributed by atoms with Crippen molar-refractivity contribution in [2.45, 2.75) is 13.0 Å². The normalized spacial score (nSPS) is 13.0. The van der Waals surface area contributed by atoms with Crippen LogP contribution in [0.2, 0.25) is 0 Å². The Labute approximate surface area is 132 Å². The van der Waals surface area contributed by atoms with Crippen molar-refractivity contribution < 1.29 is 4.74 Å². The highest BCUT2D eigenvalue weighted by molar-refractivity contribution is 7.19. The van der Waals surface area contributed by atoms with E-state index >= 15 is 0 Å². The molecule has 0 saturated carbocycles. The molecule has 4 rings (SSSR count). The lowest BCUT2D eigenvalue weighted by Gasteiger charge is -2.04. The van der Waals surface area contributed by atoms with Crippen LogP contribution >= 0.6 is 11.3 Å². The van der Waals surface area contributed by atoms with Crippen LogP contribution in [-0.2, 0) is 13.0 Å². The van der Waals surface area contributed by atoms with Gasteiger partial charge in [0, 0.05) is 35.8 Å². The third-order valence-electron chi connectivity index (χ3n) is 3.74. The summed E-state index contributed by atoms with van der Waals surface area (Å²) >= 11 is 1.74. The van der Waals surface area contributed by atoms with E-state index in [4.69, 9.17) is 10.5 Å². The summed E-state index contributed by atoms with van der Waals surface area (Å²) in [5, 5.41) is 0. The molecule has 0 radical (unpaired) electrons. The molecule has 0 saturated heterocycles. The van der Waals surface area contributed by atoms with E-state index in [0.29, 0.717) is 13.2 Å². The van der Waals surface area contributed by atoms with Gasteiger partial charge in [0.2, 0.25) is 0 Å². The molecule has 0 atom stereocenters. The maximum atomic E-state index is 5.78. The van der Waals surface area contributed by atoms with E-state index in [1.54, 1.807) is 11.3 Å². The van der Waals surface area contributed by atoms with Gasteiger partial charge in [-0.3, -0.25) is 9.97 Å². The molecule has 3 aromatic heterocycles. The van der Waals surface area contributed by atoms with Crippen molar-refractivity contribution in [2.75, 3.05) is 6.61 Å². The topological polar surface area (TPSA) is 61.0 Å². The molecule has 110 valence electrons. The first-order valence-electron chi connectivity index (χ1n) is 7.21. The summed E-state index contributed by atoms with van der Waals surface area (Å²) in [6.45, 7) is 1.15. The Morgan fingerprint density at radius 2 is 2.18 bits per heavy atom. The minimum atomic E-state index is 0.468. The van der Waals surface area contributed by atoms with Crippen LogP contribution in [0.25, 0.3) is 21.0 Å². The van der Waals surface area contributed by atoms with Crippen LogP contribution in [-0.4, -0.2) is 16.6 Å². The number of thiophene rings is 1. The Bertz CT molecular complexity index is 811. The first-order chi connectivity index (χ1) is 10.8. The minimum Gasteiger partial charge on any atom is -0.491 e. The van der Waals surface area contributed by atoms with Gasteiger partial charge in [-0.1, -0.05) is 6.07 Å². The van der Waals surface area contributed by atoms with Crippen molar-refractivity contribution in [1.82, 2.24) is 9.97 Å². The number of pyridine rings is 2. The number of nitrogens with zero attached hydrogens (tertiary/aromatic N) is 2. The molecule has 0 spiro atoms. The minimum absolute atomic E-state index is 0.468. The van der Waals surface area contributed by atoms with Gasteiger partial charge in [0.15, 0.2) is 0 Å². The molecule has 0 bridgehead atoms. The third kappa shape index (κ3) is 2.28. The molecule has 5 heteroatoms. The van der Waals surface area contributed by atoms with E-state index < -0.39 is 0 Å². The Hall–Kier alpha value is -2.24. The summed E-state index contributed by atoms with van der Waals surface area (Å²) in [5.74, 6) is 0.867. The first-order valence-corrected chi connectivity index (χ1v) is 8.03. The fourth-order valence-corrected chi connectivity index (χ4v) is 3.80. The quantitative estimate of drug-likeness (QED) is 0.789. The van der Waals surface area contributed by atoms with Crippen LogP contribution in [0.15, 0.2) is 42.7 Å². The standard InChI is InChI=1S/C17H15N3OS/c18-9-13-4-3-12(10-20-13)15-8-11-5-7-21-14-2-1-6-19-16(14)17(11)22-15/h1-4,6,8,10H,5,7,9,18H2. The predicted molar refractivity (Wildman–Crippen MR) is 87.9 cm³/mol. The number of hydrogen-bond donors (Lipinski definition) is 1. The third-order valence-corrected chi connectivity index (χ3v) is 4.98. The molecule has 0 fully saturated rings. The lowest BCUT2D eigenvalue weighted by atomic mass is 10.1. The molecule has 2 N–H and O–H groups in total. The average molecular weight is 309 g/mol. The van der Waals surface area contributed by atoms with Gasteiger partial charge in [-0.25, -0.2) is 0 Å². The van der Waals surface area contributed by atoms with Gasteiger partial charge in [-0.2, -0.15) is 0 Å². The highest BCUT2D eigenvalue weighted by atomic mass is 32.1. The molecule has 0 amide bonds. The van der Waals surface area contributed by atoms with Crippen molar-refractivity contribution in [3.8, 4) is 26.8 Å². The predicted octanol–water partition coefficient (Wildman–Crippen LogP) is 3.27. The molecule has 0 aliphatic carbocycles. The summed E-state index contributed by atoms with van der Waals surface area (Å²) < 4.78 is 5.78. The zero-order valence-electron chi connectivity index (χ0n) is 12.0. The second-order valence-corrected chi connectivity index (χ2v) is 6.21. The zero-order chi connectivity index (χ0) is 14.9. The van der Waals surface area contributed by atoms with Crippen molar-refractivity contribution in [2.24, 2.45) is 5.73 Å². The second kappa shape index (κ2) is 5.51. The Morgan fingerprint density at radius 1 is 1.23 bits per heavy atom. The number of rotatable bonds is 2. The van der Waals surface area contributed by atoms with Crippen molar-refractivity contribution in [1.29, 1.82) is 0 Å². The van der Waals surface area contributed by atoms with Crippen molar-refractivity contribution in [3.05, 3.63) is 54.0 Å². The van der Waals surface area contributed by atoms with Crippen LogP contribution in [0.5, 0.6) is 5.75 Å². The lowest BCUT2D eigenvalue weighted by molar-refractivity contribution is 0.325. The zero-order valence-corrected chi connectivity index (χ0v) is 12.8. The highest BCUT2D eigenvalue weighted by Crippen LogP contribution is 2.42. The summed E-state index contributed by atoms with van der Waals surface area (Å²) in [6.07, 6.45) is 4.61. The van der Waals surface area contributed by atoms with E-state index in [2.05, 4.69) is 22.1 Å². The maximum Gasteiger partial charge on any atom is 0.146 e. The number of aromatic nitrogens is 2. The molecule has 0 unspecified atom stereocenters. The Balaban J connectivity index is 1.80. The second-order valence-electron chi connectivity index (χ2n) is 5.16. The van der Waals surface area contributed by atoms with Crippen LogP contribution in [0, 0.1) is 0 Å². The van der Waals surface area contributed by atoms with Gasteiger partial charge in [-0.15, -0.1) is 11.3 Å². The molecular weight excluding hydrogens is 294 g/mol. The summed E-state index contributed by atoms with van der Waals surface area (Å²) in [5.41, 5.74) is 9.86. The molecule has 1 aliphatic rings. The average Bonchev–Trinajstić information content (AvgIpc) is 2.92. The van der Waals surface area contributed by atoms with E-state index in [0.717, 1.165) is 29.1 Å². The number of hydrogen-bond acceptors (Lipinski definition) is 5. The van der Waals surface area contributed by atoms with Crippen LogP contribution in [0.1, 0.15) is 11.3 Å². The Morgan fingerprint density at radius 3 is 3.00 bits per heavy atom. The van der Waals surface area contributed by atoms with Crippen LogP contribution in [0.4, 0.5) is 0 Å².